The number of aliphatic hydroxyl groups excluding tert-OH is 1. The minimum absolute atomic E-state index is 0.000753. The van der Waals surface area contributed by atoms with Crippen LogP contribution in [0.4, 0.5) is 8.78 Å². The van der Waals surface area contributed by atoms with Gasteiger partial charge in [-0.1, -0.05) is 6.07 Å². The number of aliphatic hydroxyl groups is 1. The fourth-order valence-electron chi connectivity index (χ4n) is 2.76. The van der Waals surface area contributed by atoms with Gasteiger partial charge in [0.25, 0.3) is 0 Å². The molecular formula is C15H21F2NO. The number of hydrogen-bond donors (Lipinski definition) is 1. The second kappa shape index (κ2) is 5.17. The first kappa shape index (κ1) is 14.4. The monoisotopic (exact) mass is 269 g/mol. The smallest absolute Gasteiger partial charge is 0.129 e. The van der Waals surface area contributed by atoms with Gasteiger partial charge in [0, 0.05) is 43.1 Å². The lowest BCUT2D eigenvalue weighted by Crippen LogP contribution is -2.39. The molecule has 4 heteroatoms. The van der Waals surface area contributed by atoms with Gasteiger partial charge in [-0.2, -0.15) is 0 Å². The SMILES string of the molecule is CC(C)(C)N1C[C@@H](CO)[C@H](c2ccc(F)cc2F)C1. The number of hydrogen-bond acceptors (Lipinski definition) is 2. The molecule has 19 heavy (non-hydrogen) atoms. The molecule has 1 aliphatic rings. The Bertz CT molecular complexity index is 456. The zero-order valence-corrected chi connectivity index (χ0v) is 11.7. The van der Waals surface area contributed by atoms with E-state index in [1.54, 1.807) is 0 Å². The van der Waals surface area contributed by atoms with Crippen LogP contribution >= 0.6 is 0 Å². The van der Waals surface area contributed by atoms with Crippen molar-refractivity contribution in [3.63, 3.8) is 0 Å². The Labute approximate surface area is 113 Å². The molecule has 1 aromatic carbocycles. The molecule has 2 rings (SSSR count). The van der Waals surface area contributed by atoms with Crippen LogP contribution in [0.1, 0.15) is 32.3 Å². The van der Waals surface area contributed by atoms with Crippen LogP contribution < -0.4 is 0 Å². The number of rotatable bonds is 2. The van der Waals surface area contributed by atoms with E-state index in [0.29, 0.717) is 12.1 Å². The van der Waals surface area contributed by atoms with E-state index in [1.165, 1.54) is 12.1 Å². The van der Waals surface area contributed by atoms with Gasteiger partial charge in [0.1, 0.15) is 11.6 Å². The average molecular weight is 269 g/mol. The maximum atomic E-state index is 13.9. The van der Waals surface area contributed by atoms with E-state index in [2.05, 4.69) is 25.7 Å². The highest BCUT2D eigenvalue weighted by Crippen LogP contribution is 2.37. The van der Waals surface area contributed by atoms with Gasteiger partial charge in [-0.05, 0) is 32.4 Å². The molecule has 0 bridgehead atoms. The lowest BCUT2D eigenvalue weighted by atomic mass is 9.89. The Kier molecular flexibility index (Phi) is 3.92. The number of nitrogens with zero attached hydrogens (tertiary/aromatic N) is 1. The van der Waals surface area contributed by atoms with E-state index in [0.717, 1.165) is 12.6 Å². The van der Waals surface area contributed by atoms with Crippen molar-refractivity contribution < 1.29 is 13.9 Å². The van der Waals surface area contributed by atoms with Crippen molar-refractivity contribution in [1.29, 1.82) is 0 Å². The summed E-state index contributed by atoms with van der Waals surface area (Å²) in [7, 11) is 0. The Hall–Kier alpha value is -1.00. The van der Waals surface area contributed by atoms with E-state index in [1.807, 2.05) is 0 Å². The molecule has 0 amide bonds. The van der Waals surface area contributed by atoms with Crippen LogP contribution in [0.5, 0.6) is 0 Å². The molecule has 1 N–H and O–H groups in total. The van der Waals surface area contributed by atoms with Gasteiger partial charge in [-0.25, -0.2) is 8.78 Å². The van der Waals surface area contributed by atoms with Crippen LogP contribution in [0.25, 0.3) is 0 Å². The molecule has 0 aliphatic carbocycles. The van der Waals surface area contributed by atoms with E-state index < -0.39 is 11.6 Å². The third-order valence-corrected chi connectivity index (χ3v) is 3.99. The summed E-state index contributed by atoms with van der Waals surface area (Å²) in [6.07, 6.45) is 0. The first-order valence-corrected chi connectivity index (χ1v) is 6.64. The van der Waals surface area contributed by atoms with Crippen LogP contribution in [0.2, 0.25) is 0 Å². The van der Waals surface area contributed by atoms with E-state index >= 15 is 0 Å². The van der Waals surface area contributed by atoms with Gasteiger partial charge in [-0.3, -0.25) is 4.90 Å². The molecule has 0 spiro atoms. The second-order valence-corrected chi connectivity index (χ2v) is 6.29. The van der Waals surface area contributed by atoms with Crippen LogP contribution in [-0.2, 0) is 0 Å². The lowest BCUT2D eigenvalue weighted by molar-refractivity contribution is 0.154. The second-order valence-electron chi connectivity index (χ2n) is 6.29. The van der Waals surface area contributed by atoms with Crippen molar-refractivity contribution in [2.75, 3.05) is 19.7 Å². The topological polar surface area (TPSA) is 23.5 Å². The summed E-state index contributed by atoms with van der Waals surface area (Å²) < 4.78 is 26.9. The fraction of sp³-hybridized carbons (Fsp3) is 0.600. The van der Waals surface area contributed by atoms with Crippen molar-refractivity contribution >= 4 is 0 Å². The molecule has 1 saturated heterocycles. The quantitative estimate of drug-likeness (QED) is 0.892. The molecule has 2 atom stereocenters. The lowest BCUT2D eigenvalue weighted by Gasteiger charge is -2.31. The first-order valence-electron chi connectivity index (χ1n) is 6.64. The molecule has 0 radical (unpaired) electrons. The van der Waals surface area contributed by atoms with E-state index in [9.17, 15) is 13.9 Å². The Morgan fingerprint density at radius 2 is 1.95 bits per heavy atom. The zero-order valence-electron chi connectivity index (χ0n) is 11.7. The molecule has 1 aromatic rings. The number of benzene rings is 1. The predicted octanol–water partition coefficient (Wildman–Crippen LogP) is 2.77. The zero-order chi connectivity index (χ0) is 14.2. The fourth-order valence-corrected chi connectivity index (χ4v) is 2.76. The standard InChI is InChI=1S/C15H21F2NO/c1-15(2,3)18-7-10(9-19)13(8-18)12-5-4-11(16)6-14(12)17/h4-6,10,13,19H,7-9H2,1-3H3/t10-,13+/m0/s1. The van der Waals surface area contributed by atoms with Crippen molar-refractivity contribution in [1.82, 2.24) is 4.90 Å². The molecule has 1 aliphatic heterocycles. The summed E-state index contributed by atoms with van der Waals surface area (Å²) in [5.41, 5.74) is 0.491. The highest BCUT2D eigenvalue weighted by Gasteiger charge is 2.38. The van der Waals surface area contributed by atoms with Crippen molar-refractivity contribution in [3.8, 4) is 0 Å². The Morgan fingerprint density at radius 3 is 2.47 bits per heavy atom. The summed E-state index contributed by atoms with van der Waals surface area (Å²) in [5.74, 6) is -1.16. The minimum atomic E-state index is -0.563. The molecule has 0 saturated carbocycles. The summed E-state index contributed by atoms with van der Waals surface area (Å²) in [5, 5.41) is 9.50. The van der Waals surface area contributed by atoms with Crippen molar-refractivity contribution in [2.45, 2.75) is 32.2 Å². The van der Waals surface area contributed by atoms with E-state index in [-0.39, 0.29) is 24.0 Å². The average Bonchev–Trinajstić information content (AvgIpc) is 2.72. The number of likely N-dealkylation sites (tertiary alicyclic amines) is 1. The Balaban J connectivity index is 2.28. The first-order chi connectivity index (χ1) is 8.82. The van der Waals surface area contributed by atoms with Gasteiger partial charge in [0.2, 0.25) is 0 Å². The van der Waals surface area contributed by atoms with Crippen LogP contribution in [-0.4, -0.2) is 35.2 Å². The molecule has 106 valence electrons. The third-order valence-electron chi connectivity index (χ3n) is 3.99. The predicted molar refractivity (Wildman–Crippen MR) is 71.0 cm³/mol. The normalized spacial score (nSPS) is 24.9. The van der Waals surface area contributed by atoms with Crippen LogP contribution in [0, 0.1) is 17.6 Å². The highest BCUT2D eigenvalue weighted by atomic mass is 19.1. The minimum Gasteiger partial charge on any atom is -0.396 e. The van der Waals surface area contributed by atoms with Gasteiger partial charge < -0.3 is 5.11 Å². The molecular weight excluding hydrogens is 248 g/mol. The summed E-state index contributed by atoms with van der Waals surface area (Å²) in [4.78, 5) is 2.24. The molecule has 1 fully saturated rings. The van der Waals surface area contributed by atoms with Crippen molar-refractivity contribution in [2.24, 2.45) is 5.92 Å². The van der Waals surface area contributed by atoms with Gasteiger partial charge in [0.15, 0.2) is 0 Å². The molecule has 0 aromatic heterocycles. The van der Waals surface area contributed by atoms with Gasteiger partial charge >= 0.3 is 0 Å². The van der Waals surface area contributed by atoms with E-state index in [4.69, 9.17) is 0 Å². The molecule has 0 unspecified atom stereocenters. The molecule has 2 nitrogen and oxygen atoms in total. The Morgan fingerprint density at radius 1 is 1.26 bits per heavy atom. The van der Waals surface area contributed by atoms with Gasteiger partial charge in [0.05, 0.1) is 0 Å². The summed E-state index contributed by atoms with van der Waals surface area (Å²) in [6.45, 7) is 7.76. The van der Waals surface area contributed by atoms with Gasteiger partial charge in [-0.15, -0.1) is 0 Å². The number of halogens is 2. The summed E-state index contributed by atoms with van der Waals surface area (Å²) in [6, 6.07) is 3.71. The van der Waals surface area contributed by atoms with Crippen LogP contribution in [0.15, 0.2) is 18.2 Å². The largest absolute Gasteiger partial charge is 0.396 e. The maximum absolute atomic E-state index is 13.9. The maximum Gasteiger partial charge on any atom is 0.129 e. The third kappa shape index (κ3) is 2.95. The molecule has 1 heterocycles. The van der Waals surface area contributed by atoms with Crippen molar-refractivity contribution in [3.05, 3.63) is 35.4 Å². The highest BCUT2D eigenvalue weighted by molar-refractivity contribution is 5.25. The summed E-state index contributed by atoms with van der Waals surface area (Å²) >= 11 is 0. The van der Waals surface area contributed by atoms with Crippen LogP contribution in [0.3, 0.4) is 0 Å².